The third-order valence-corrected chi connectivity index (χ3v) is 4.30. The summed E-state index contributed by atoms with van der Waals surface area (Å²) in [4.78, 5) is 22.7. The standard InChI is InChI=1S/C14H17N5OS/c1-10-16-13(21-18-10)17-14(20)19-8-3-2-6-12(19)11-5-4-7-15-9-11/h4-5,7,9,12H,2-3,6,8H2,1H3,(H,16,17,18,20). The Kier molecular flexibility index (Phi) is 4.10. The molecule has 7 heteroatoms. The molecule has 0 saturated carbocycles. The highest BCUT2D eigenvalue weighted by atomic mass is 32.1. The first-order chi connectivity index (χ1) is 10.2. The molecule has 2 aromatic heterocycles. The van der Waals surface area contributed by atoms with Crippen molar-refractivity contribution in [3.8, 4) is 0 Å². The van der Waals surface area contributed by atoms with Gasteiger partial charge in [-0.15, -0.1) is 0 Å². The Morgan fingerprint density at radius 2 is 2.38 bits per heavy atom. The zero-order chi connectivity index (χ0) is 14.7. The number of nitrogens with zero attached hydrogens (tertiary/aromatic N) is 4. The van der Waals surface area contributed by atoms with Crippen LogP contribution >= 0.6 is 11.5 Å². The maximum Gasteiger partial charge on any atom is 0.324 e. The first kappa shape index (κ1) is 13.9. The molecular weight excluding hydrogens is 286 g/mol. The van der Waals surface area contributed by atoms with Gasteiger partial charge in [-0.1, -0.05) is 6.07 Å². The molecule has 0 radical (unpaired) electrons. The number of hydrogen-bond acceptors (Lipinski definition) is 5. The summed E-state index contributed by atoms with van der Waals surface area (Å²) in [5.41, 5.74) is 1.08. The second kappa shape index (κ2) is 6.17. The van der Waals surface area contributed by atoms with Crippen LogP contribution in [-0.2, 0) is 0 Å². The predicted octanol–water partition coefficient (Wildman–Crippen LogP) is 3.00. The van der Waals surface area contributed by atoms with Crippen molar-refractivity contribution in [1.29, 1.82) is 0 Å². The maximum absolute atomic E-state index is 12.5. The number of piperidine rings is 1. The number of rotatable bonds is 2. The lowest BCUT2D eigenvalue weighted by molar-refractivity contribution is 0.163. The van der Waals surface area contributed by atoms with Crippen LogP contribution in [-0.4, -0.2) is 31.8 Å². The summed E-state index contributed by atoms with van der Waals surface area (Å²) in [6.45, 7) is 2.56. The van der Waals surface area contributed by atoms with E-state index < -0.39 is 0 Å². The summed E-state index contributed by atoms with van der Waals surface area (Å²) in [5, 5.41) is 3.39. The molecule has 1 fully saturated rings. The normalized spacial score (nSPS) is 18.5. The number of aryl methyl sites for hydroxylation is 1. The SMILES string of the molecule is Cc1nsc(NC(=O)N2CCCCC2c2cccnc2)n1. The highest BCUT2D eigenvalue weighted by Crippen LogP contribution is 2.31. The highest BCUT2D eigenvalue weighted by molar-refractivity contribution is 7.09. The van der Waals surface area contributed by atoms with Crippen LogP contribution in [0.4, 0.5) is 9.93 Å². The van der Waals surface area contributed by atoms with E-state index in [0.29, 0.717) is 11.0 Å². The second-order valence-electron chi connectivity index (χ2n) is 5.07. The van der Waals surface area contributed by atoms with Gasteiger partial charge in [0, 0.05) is 30.5 Å². The lowest BCUT2D eigenvalue weighted by Crippen LogP contribution is -2.41. The Balaban J connectivity index is 1.76. The molecule has 1 unspecified atom stereocenters. The minimum Gasteiger partial charge on any atom is -0.317 e. The summed E-state index contributed by atoms with van der Waals surface area (Å²) in [6.07, 6.45) is 6.71. The van der Waals surface area contributed by atoms with Crippen molar-refractivity contribution in [3.63, 3.8) is 0 Å². The van der Waals surface area contributed by atoms with Crippen LogP contribution in [0, 0.1) is 6.92 Å². The Bertz CT molecular complexity index is 615. The van der Waals surface area contributed by atoms with Crippen LogP contribution in [0.1, 0.15) is 36.7 Å². The zero-order valence-electron chi connectivity index (χ0n) is 11.8. The molecule has 6 nitrogen and oxygen atoms in total. The van der Waals surface area contributed by atoms with Gasteiger partial charge in [0.05, 0.1) is 6.04 Å². The van der Waals surface area contributed by atoms with Gasteiger partial charge in [-0.25, -0.2) is 9.78 Å². The average molecular weight is 303 g/mol. The topological polar surface area (TPSA) is 71.0 Å². The first-order valence-corrected chi connectivity index (χ1v) is 7.79. The van der Waals surface area contributed by atoms with Gasteiger partial charge in [-0.05, 0) is 37.8 Å². The van der Waals surface area contributed by atoms with Crippen LogP contribution in [0.25, 0.3) is 0 Å². The van der Waals surface area contributed by atoms with Crippen molar-refractivity contribution < 1.29 is 4.79 Å². The molecule has 110 valence electrons. The molecule has 0 spiro atoms. The molecule has 0 aromatic carbocycles. The minimum atomic E-state index is -0.111. The molecule has 3 rings (SSSR count). The third-order valence-electron chi connectivity index (χ3n) is 3.57. The molecule has 1 aliphatic heterocycles. The second-order valence-corrected chi connectivity index (χ2v) is 5.82. The summed E-state index contributed by atoms with van der Waals surface area (Å²) < 4.78 is 4.08. The van der Waals surface area contributed by atoms with Crippen molar-refractivity contribution in [2.75, 3.05) is 11.9 Å². The van der Waals surface area contributed by atoms with Gasteiger partial charge in [0.1, 0.15) is 5.82 Å². The largest absolute Gasteiger partial charge is 0.324 e. The van der Waals surface area contributed by atoms with Crippen LogP contribution in [0.3, 0.4) is 0 Å². The molecular formula is C14H17N5OS. The smallest absolute Gasteiger partial charge is 0.317 e. The van der Waals surface area contributed by atoms with Gasteiger partial charge >= 0.3 is 6.03 Å². The fourth-order valence-corrected chi connectivity index (χ4v) is 3.17. The number of urea groups is 1. The monoisotopic (exact) mass is 303 g/mol. The van der Waals surface area contributed by atoms with E-state index in [1.54, 1.807) is 6.20 Å². The highest BCUT2D eigenvalue weighted by Gasteiger charge is 2.28. The molecule has 0 aliphatic carbocycles. The van der Waals surface area contributed by atoms with Crippen LogP contribution in [0.15, 0.2) is 24.5 Å². The van der Waals surface area contributed by atoms with Crippen molar-refractivity contribution in [2.24, 2.45) is 0 Å². The van der Waals surface area contributed by atoms with Crippen LogP contribution in [0.2, 0.25) is 0 Å². The van der Waals surface area contributed by atoms with Gasteiger partial charge in [-0.2, -0.15) is 4.37 Å². The lowest BCUT2D eigenvalue weighted by atomic mass is 9.97. The lowest BCUT2D eigenvalue weighted by Gasteiger charge is -2.35. The van der Waals surface area contributed by atoms with Crippen LogP contribution < -0.4 is 5.32 Å². The maximum atomic E-state index is 12.5. The van der Waals surface area contributed by atoms with Crippen molar-refractivity contribution in [1.82, 2.24) is 19.2 Å². The predicted molar refractivity (Wildman–Crippen MR) is 81.2 cm³/mol. The molecule has 1 atom stereocenters. The van der Waals surface area contributed by atoms with Gasteiger partial charge in [0.2, 0.25) is 5.13 Å². The summed E-state index contributed by atoms with van der Waals surface area (Å²) in [6, 6.07) is 3.91. The third kappa shape index (κ3) is 3.18. The van der Waals surface area contributed by atoms with E-state index in [1.807, 2.05) is 30.2 Å². The molecule has 1 aliphatic rings. The van der Waals surface area contributed by atoms with Crippen molar-refractivity contribution >= 4 is 22.7 Å². The van der Waals surface area contributed by atoms with E-state index in [1.165, 1.54) is 11.5 Å². The number of pyridine rings is 1. The summed E-state index contributed by atoms with van der Waals surface area (Å²) in [7, 11) is 0. The fraction of sp³-hybridized carbons (Fsp3) is 0.429. The van der Waals surface area contributed by atoms with E-state index in [0.717, 1.165) is 31.4 Å². The van der Waals surface area contributed by atoms with E-state index in [2.05, 4.69) is 19.7 Å². The van der Waals surface area contributed by atoms with E-state index in [4.69, 9.17) is 0 Å². The quantitative estimate of drug-likeness (QED) is 0.925. The number of hydrogen-bond donors (Lipinski definition) is 1. The Labute approximate surface area is 127 Å². The molecule has 0 bridgehead atoms. The molecule has 2 amide bonds. The molecule has 1 N–H and O–H groups in total. The number of carbonyl (C=O) groups excluding carboxylic acids is 1. The number of amides is 2. The van der Waals surface area contributed by atoms with Gasteiger partial charge in [-0.3, -0.25) is 10.3 Å². The minimum absolute atomic E-state index is 0.0847. The molecule has 1 saturated heterocycles. The summed E-state index contributed by atoms with van der Waals surface area (Å²) in [5.74, 6) is 0.678. The van der Waals surface area contributed by atoms with Crippen molar-refractivity contribution in [2.45, 2.75) is 32.2 Å². The van der Waals surface area contributed by atoms with Gasteiger partial charge in [0.25, 0.3) is 0 Å². The Morgan fingerprint density at radius 1 is 1.48 bits per heavy atom. The van der Waals surface area contributed by atoms with Crippen molar-refractivity contribution in [3.05, 3.63) is 35.9 Å². The summed E-state index contributed by atoms with van der Waals surface area (Å²) >= 11 is 1.21. The van der Waals surface area contributed by atoms with E-state index in [-0.39, 0.29) is 12.1 Å². The fourth-order valence-electron chi connectivity index (χ4n) is 2.61. The Morgan fingerprint density at radius 3 is 3.10 bits per heavy atom. The number of carbonyl (C=O) groups is 1. The van der Waals surface area contributed by atoms with E-state index in [9.17, 15) is 4.79 Å². The molecule has 2 aromatic rings. The number of anilines is 1. The zero-order valence-corrected chi connectivity index (χ0v) is 12.6. The number of aromatic nitrogens is 3. The first-order valence-electron chi connectivity index (χ1n) is 7.02. The number of likely N-dealkylation sites (tertiary alicyclic amines) is 1. The van der Waals surface area contributed by atoms with E-state index >= 15 is 0 Å². The number of nitrogens with one attached hydrogen (secondary N) is 1. The van der Waals surface area contributed by atoms with Crippen LogP contribution in [0.5, 0.6) is 0 Å². The van der Waals surface area contributed by atoms with Gasteiger partial charge < -0.3 is 4.90 Å². The molecule has 21 heavy (non-hydrogen) atoms. The van der Waals surface area contributed by atoms with Gasteiger partial charge in [0.15, 0.2) is 0 Å². The Hall–Kier alpha value is -2.02. The molecule has 3 heterocycles. The average Bonchev–Trinajstić information content (AvgIpc) is 2.93.